The Bertz CT molecular complexity index is 1160. The predicted molar refractivity (Wildman–Crippen MR) is 126 cm³/mol. The van der Waals surface area contributed by atoms with E-state index in [1.807, 2.05) is 38.1 Å². The summed E-state index contributed by atoms with van der Waals surface area (Å²) in [4.78, 5) is 12.8. The Labute approximate surface area is 188 Å². The predicted octanol–water partition coefficient (Wildman–Crippen LogP) is 4.98. The smallest absolute Gasteiger partial charge is 0.251 e. The number of anilines is 1. The standard InChI is InChI=1S/C25H27FN2O3S/c1-4-24(20-9-5-18(2)6-10-20)27-25(29)21-11-15-23(16-12-21)28(32(3,30)31)17-19-7-13-22(26)14-8-19/h5-16,24H,4,17H2,1-3H3,(H,27,29)/t24-/m0/s1. The van der Waals surface area contributed by atoms with Crippen LogP contribution in [0.1, 0.15) is 46.4 Å². The van der Waals surface area contributed by atoms with Gasteiger partial charge in [0.05, 0.1) is 24.5 Å². The van der Waals surface area contributed by atoms with Crippen LogP contribution >= 0.6 is 0 Å². The van der Waals surface area contributed by atoms with Crippen LogP contribution in [0.2, 0.25) is 0 Å². The Hall–Kier alpha value is -3.19. The summed E-state index contributed by atoms with van der Waals surface area (Å²) in [6.45, 7) is 4.09. The van der Waals surface area contributed by atoms with Crippen LogP contribution in [0.15, 0.2) is 72.8 Å². The van der Waals surface area contributed by atoms with Crippen molar-refractivity contribution in [1.29, 1.82) is 0 Å². The van der Waals surface area contributed by atoms with Crippen LogP contribution < -0.4 is 9.62 Å². The molecule has 0 spiro atoms. The zero-order valence-electron chi connectivity index (χ0n) is 18.4. The van der Waals surface area contributed by atoms with E-state index in [4.69, 9.17) is 0 Å². The topological polar surface area (TPSA) is 66.5 Å². The van der Waals surface area contributed by atoms with E-state index in [2.05, 4.69) is 5.32 Å². The van der Waals surface area contributed by atoms with E-state index in [1.165, 1.54) is 16.4 Å². The Morgan fingerprint density at radius 1 is 0.969 bits per heavy atom. The van der Waals surface area contributed by atoms with Crippen LogP contribution in [0.25, 0.3) is 0 Å². The summed E-state index contributed by atoms with van der Waals surface area (Å²) in [5, 5.41) is 3.04. The molecule has 0 saturated carbocycles. The lowest BCUT2D eigenvalue weighted by Gasteiger charge is -2.23. The van der Waals surface area contributed by atoms with Gasteiger partial charge in [-0.15, -0.1) is 0 Å². The highest BCUT2D eigenvalue weighted by atomic mass is 32.2. The maximum absolute atomic E-state index is 13.2. The highest BCUT2D eigenvalue weighted by molar-refractivity contribution is 7.92. The number of hydrogen-bond donors (Lipinski definition) is 1. The Kier molecular flexibility index (Phi) is 7.30. The molecule has 3 rings (SSSR count). The molecule has 0 aliphatic heterocycles. The summed E-state index contributed by atoms with van der Waals surface area (Å²) in [5.74, 6) is -0.612. The first-order valence-corrected chi connectivity index (χ1v) is 12.2. The van der Waals surface area contributed by atoms with E-state index in [0.29, 0.717) is 16.8 Å². The van der Waals surface area contributed by atoms with E-state index in [9.17, 15) is 17.6 Å². The second kappa shape index (κ2) is 9.96. The number of carbonyl (C=O) groups excluding carboxylic acids is 1. The lowest BCUT2D eigenvalue weighted by atomic mass is 10.0. The molecule has 32 heavy (non-hydrogen) atoms. The lowest BCUT2D eigenvalue weighted by molar-refractivity contribution is 0.0935. The van der Waals surface area contributed by atoms with Gasteiger partial charge in [-0.2, -0.15) is 0 Å². The zero-order valence-corrected chi connectivity index (χ0v) is 19.2. The highest BCUT2D eigenvalue weighted by Gasteiger charge is 2.19. The fourth-order valence-corrected chi connectivity index (χ4v) is 4.28. The first-order valence-electron chi connectivity index (χ1n) is 10.4. The zero-order chi connectivity index (χ0) is 23.3. The van der Waals surface area contributed by atoms with Gasteiger partial charge in [0.1, 0.15) is 5.82 Å². The van der Waals surface area contributed by atoms with Gasteiger partial charge in [0.25, 0.3) is 5.91 Å². The molecule has 0 aromatic heterocycles. The van der Waals surface area contributed by atoms with Crippen LogP contribution in [-0.4, -0.2) is 20.6 Å². The van der Waals surface area contributed by atoms with Gasteiger partial charge in [-0.1, -0.05) is 48.9 Å². The van der Waals surface area contributed by atoms with Gasteiger partial charge in [-0.05, 0) is 60.9 Å². The van der Waals surface area contributed by atoms with Crippen molar-refractivity contribution in [1.82, 2.24) is 5.32 Å². The molecule has 1 amide bonds. The molecule has 0 radical (unpaired) electrons. The monoisotopic (exact) mass is 454 g/mol. The molecule has 3 aromatic carbocycles. The van der Waals surface area contributed by atoms with Gasteiger partial charge in [0.2, 0.25) is 10.0 Å². The number of amides is 1. The summed E-state index contributed by atoms with van der Waals surface area (Å²) in [6, 6.07) is 20.0. The van der Waals surface area contributed by atoms with E-state index in [-0.39, 0.29) is 24.3 Å². The van der Waals surface area contributed by atoms with E-state index < -0.39 is 10.0 Å². The summed E-state index contributed by atoms with van der Waals surface area (Å²) >= 11 is 0. The molecule has 1 atom stereocenters. The molecule has 0 bridgehead atoms. The van der Waals surface area contributed by atoms with Crippen LogP contribution in [0.4, 0.5) is 10.1 Å². The fraction of sp³-hybridized carbons (Fsp3) is 0.240. The van der Waals surface area contributed by atoms with Crippen molar-refractivity contribution in [2.24, 2.45) is 0 Å². The maximum atomic E-state index is 13.2. The Morgan fingerprint density at radius 3 is 2.09 bits per heavy atom. The number of rotatable bonds is 8. The normalized spacial score (nSPS) is 12.2. The Balaban J connectivity index is 1.77. The van der Waals surface area contributed by atoms with Crippen LogP contribution in [0.5, 0.6) is 0 Å². The maximum Gasteiger partial charge on any atom is 0.251 e. The second-order valence-electron chi connectivity index (χ2n) is 7.79. The minimum atomic E-state index is -3.58. The number of aryl methyl sites for hydroxylation is 1. The number of benzene rings is 3. The van der Waals surface area contributed by atoms with Crippen molar-refractivity contribution in [2.75, 3.05) is 10.6 Å². The third-order valence-corrected chi connectivity index (χ3v) is 6.39. The third-order valence-electron chi connectivity index (χ3n) is 5.25. The average Bonchev–Trinajstić information content (AvgIpc) is 2.77. The van der Waals surface area contributed by atoms with Gasteiger partial charge in [-0.3, -0.25) is 9.10 Å². The molecule has 0 saturated heterocycles. The van der Waals surface area contributed by atoms with Crippen molar-refractivity contribution in [3.8, 4) is 0 Å². The molecule has 0 aliphatic rings. The quantitative estimate of drug-likeness (QED) is 0.522. The Morgan fingerprint density at radius 2 is 1.56 bits per heavy atom. The van der Waals surface area contributed by atoms with Crippen molar-refractivity contribution in [3.63, 3.8) is 0 Å². The number of nitrogens with one attached hydrogen (secondary N) is 1. The summed E-state index contributed by atoms with van der Waals surface area (Å²) in [6.07, 6.45) is 1.86. The van der Waals surface area contributed by atoms with Crippen LogP contribution in [0.3, 0.4) is 0 Å². The summed E-state index contributed by atoms with van der Waals surface area (Å²) < 4.78 is 39.1. The van der Waals surface area contributed by atoms with Gasteiger partial charge in [-0.25, -0.2) is 12.8 Å². The molecule has 0 unspecified atom stereocenters. The molecule has 7 heteroatoms. The molecule has 168 valence electrons. The average molecular weight is 455 g/mol. The molecule has 3 aromatic rings. The van der Waals surface area contributed by atoms with Gasteiger partial charge >= 0.3 is 0 Å². The van der Waals surface area contributed by atoms with Gasteiger partial charge < -0.3 is 5.32 Å². The molecule has 1 N–H and O–H groups in total. The second-order valence-corrected chi connectivity index (χ2v) is 9.69. The lowest BCUT2D eigenvalue weighted by Crippen LogP contribution is -2.30. The van der Waals surface area contributed by atoms with Gasteiger partial charge in [0, 0.05) is 5.56 Å². The number of carbonyl (C=O) groups is 1. The minimum absolute atomic E-state index is 0.0655. The fourth-order valence-electron chi connectivity index (χ4n) is 3.40. The highest BCUT2D eigenvalue weighted by Crippen LogP contribution is 2.23. The van der Waals surface area contributed by atoms with E-state index in [0.717, 1.165) is 23.8 Å². The molecule has 0 aliphatic carbocycles. The van der Waals surface area contributed by atoms with E-state index >= 15 is 0 Å². The molecule has 5 nitrogen and oxygen atoms in total. The molecule has 0 heterocycles. The van der Waals surface area contributed by atoms with Crippen molar-refractivity contribution in [3.05, 3.63) is 101 Å². The third kappa shape index (κ3) is 5.95. The SMILES string of the molecule is CC[C@H](NC(=O)c1ccc(N(Cc2ccc(F)cc2)S(C)(=O)=O)cc1)c1ccc(C)cc1. The molecular formula is C25H27FN2O3S. The number of hydrogen-bond acceptors (Lipinski definition) is 3. The molecular weight excluding hydrogens is 427 g/mol. The molecule has 0 fully saturated rings. The van der Waals surface area contributed by atoms with Crippen molar-refractivity contribution < 1.29 is 17.6 Å². The summed E-state index contributed by atoms with van der Waals surface area (Å²) in [7, 11) is -3.58. The van der Waals surface area contributed by atoms with Crippen molar-refractivity contribution >= 4 is 21.6 Å². The number of halogens is 1. The number of sulfonamides is 1. The first kappa shape index (κ1) is 23.5. The largest absolute Gasteiger partial charge is 0.345 e. The van der Waals surface area contributed by atoms with Crippen LogP contribution in [0, 0.1) is 12.7 Å². The van der Waals surface area contributed by atoms with Gasteiger partial charge in [0.15, 0.2) is 0 Å². The van der Waals surface area contributed by atoms with E-state index in [1.54, 1.807) is 36.4 Å². The number of nitrogens with zero attached hydrogens (tertiary/aromatic N) is 1. The summed E-state index contributed by atoms with van der Waals surface area (Å²) in [5.41, 5.74) is 3.71. The van der Waals surface area contributed by atoms with Crippen molar-refractivity contribution in [2.45, 2.75) is 32.9 Å². The van der Waals surface area contributed by atoms with Crippen LogP contribution in [-0.2, 0) is 16.6 Å². The minimum Gasteiger partial charge on any atom is -0.345 e. The first-order chi connectivity index (χ1) is 15.2.